The van der Waals surface area contributed by atoms with Gasteiger partial charge >= 0.3 is 12.0 Å². The van der Waals surface area contributed by atoms with Crippen LogP contribution in [0.2, 0.25) is 0 Å². The summed E-state index contributed by atoms with van der Waals surface area (Å²) in [6.07, 6.45) is 0.492. The topological polar surface area (TPSA) is 87.5 Å². The number of rotatable bonds is 2. The van der Waals surface area contributed by atoms with Crippen molar-refractivity contribution >= 4 is 17.7 Å². The highest BCUT2D eigenvalue weighted by molar-refractivity contribution is 5.90. The molecule has 1 aromatic heterocycles. The van der Waals surface area contributed by atoms with Gasteiger partial charge in [0, 0.05) is 24.8 Å². The fraction of sp³-hybridized carbons (Fsp3) is 0.312. The molecule has 23 heavy (non-hydrogen) atoms. The molecule has 0 saturated carbocycles. The number of carboxylic acids is 1. The maximum Gasteiger partial charge on any atom is 0.356 e. The summed E-state index contributed by atoms with van der Waals surface area (Å²) in [5, 5.41) is 16.1. The standard InChI is InChI=1S/C16H18N4O3/c1-10-4-3-5-11(8-10)17-16(23)20-7-6-12-13(9-20)19(2)18-14(12)15(21)22/h3-5,8H,6-7,9H2,1-2H3,(H,17,23)(H,21,22). The van der Waals surface area contributed by atoms with Crippen LogP contribution >= 0.6 is 0 Å². The number of carboxylic acid groups (broad SMARTS) is 1. The average molecular weight is 314 g/mol. The Bertz CT molecular complexity index is 782. The Kier molecular flexibility index (Phi) is 3.77. The molecule has 2 N–H and O–H groups in total. The molecule has 7 nitrogen and oxygen atoms in total. The van der Waals surface area contributed by atoms with Crippen molar-refractivity contribution in [2.24, 2.45) is 7.05 Å². The molecule has 0 fully saturated rings. The lowest BCUT2D eigenvalue weighted by Gasteiger charge is -2.27. The van der Waals surface area contributed by atoms with Gasteiger partial charge in [-0.25, -0.2) is 9.59 Å². The molecule has 0 aliphatic carbocycles. The quantitative estimate of drug-likeness (QED) is 0.887. The van der Waals surface area contributed by atoms with E-state index in [9.17, 15) is 14.7 Å². The van der Waals surface area contributed by atoms with E-state index in [4.69, 9.17) is 0 Å². The molecular weight excluding hydrogens is 296 g/mol. The third-order valence-corrected chi connectivity index (χ3v) is 4.01. The van der Waals surface area contributed by atoms with Crippen LogP contribution in [0.15, 0.2) is 24.3 Å². The van der Waals surface area contributed by atoms with Gasteiger partial charge in [0.1, 0.15) is 0 Å². The normalized spacial score (nSPS) is 13.6. The fourth-order valence-corrected chi connectivity index (χ4v) is 2.84. The highest BCUT2D eigenvalue weighted by Crippen LogP contribution is 2.23. The summed E-state index contributed by atoms with van der Waals surface area (Å²) in [4.78, 5) is 25.3. The highest BCUT2D eigenvalue weighted by atomic mass is 16.4. The minimum atomic E-state index is -1.03. The first-order chi connectivity index (χ1) is 11.0. The smallest absolute Gasteiger partial charge is 0.356 e. The molecule has 0 atom stereocenters. The van der Waals surface area contributed by atoms with Gasteiger partial charge in [0.25, 0.3) is 0 Å². The second-order valence-electron chi connectivity index (χ2n) is 5.67. The lowest BCUT2D eigenvalue weighted by Crippen LogP contribution is -2.39. The van der Waals surface area contributed by atoms with Crippen molar-refractivity contribution in [3.63, 3.8) is 0 Å². The average Bonchev–Trinajstić information content (AvgIpc) is 2.84. The van der Waals surface area contributed by atoms with Crippen LogP contribution in [0, 0.1) is 6.92 Å². The number of carbonyl (C=O) groups excluding carboxylic acids is 1. The Morgan fingerprint density at radius 1 is 1.35 bits per heavy atom. The van der Waals surface area contributed by atoms with Crippen molar-refractivity contribution in [1.29, 1.82) is 0 Å². The van der Waals surface area contributed by atoms with Crippen LogP contribution in [0.1, 0.15) is 27.3 Å². The number of nitrogens with one attached hydrogen (secondary N) is 1. The molecule has 0 spiro atoms. The Balaban J connectivity index is 1.77. The van der Waals surface area contributed by atoms with Gasteiger partial charge in [-0.05, 0) is 31.0 Å². The molecule has 1 aliphatic heterocycles. The number of hydrogen-bond donors (Lipinski definition) is 2. The van der Waals surface area contributed by atoms with Crippen molar-refractivity contribution in [3.8, 4) is 0 Å². The molecule has 0 saturated heterocycles. The number of hydrogen-bond acceptors (Lipinski definition) is 3. The predicted molar refractivity (Wildman–Crippen MR) is 84.5 cm³/mol. The number of fused-ring (bicyclic) bond motifs is 1. The van der Waals surface area contributed by atoms with Crippen molar-refractivity contribution in [3.05, 3.63) is 46.8 Å². The van der Waals surface area contributed by atoms with Crippen LogP contribution in [-0.4, -0.2) is 38.3 Å². The lowest BCUT2D eigenvalue weighted by molar-refractivity contribution is 0.0688. The third kappa shape index (κ3) is 2.90. The summed E-state index contributed by atoms with van der Waals surface area (Å²) < 4.78 is 1.55. The molecule has 1 aliphatic rings. The minimum absolute atomic E-state index is 0.0845. The van der Waals surface area contributed by atoms with E-state index in [0.29, 0.717) is 19.5 Å². The van der Waals surface area contributed by atoms with Crippen LogP contribution < -0.4 is 5.32 Å². The first kappa shape index (κ1) is 15.1. The van der Waals surface area contributed by atoms with Gasteiger partial charge in [-0.3, -0.25) is 4.68 Å². The number of urea groups is 1. The van der Waals surface area contributed by atoms with E-state index in [-0.39, 0.29) is 11.7 Å². The van der Waals surface area contributed by atoms with Crippen LogP contribution in [0.5, 0.6) is 0 Å². The molecule has 0 radical (unpaired) electrons. The Hall–Kier alpha value is -2.83. The second kappa shape index (κ2) is 5.75. The van der Waals surface area contributed by atoms with Crippen LogP contribution in [0.3, 0.4) is 0 Å². The molecule has 120 valence electrons. The number of aryl methyl sites for hydroxylation is 2. The van der Waals surface area contributed by atoms with Gasteiger partial charge in [-0.1, -0.05) is 12.1 Å². The van der Waals surface area contributed by atoms with Gasteiger partial charge in [0.15, 0.2) is 5.69 Å². The number of aromatic nitrogens is 2. The van der Waals surface area contributed by atoms with E-state index in [1.807, 2.05) is 31.2 Å². The van der Waals surface area contributed by atoms with Gasteiger partial charge in [-0.2, -0.15) is 5.10 Å². The van der Waals surface area contributed by atoms with E-state index in [1.165, 1.54) is 0 Å². The third-order valence-electron chi connectivity index (χ3n) is 4.01. The lowest BCUT2D eigenvalue weighted by atomic mass is 10.0. The molecule has 2 amide bonds. The molecule has 0 unspecified atom stereocenters. The maximum absolute atomic E-state index is 12.4. The van der Waals surface area contributed by atoms with Crippen LogP contribution in [0.25, 0.3) is 0 Å². The number of amides is 2. The van der Waals surface area contributed by atoms with E-state index in [2.05, 4.69) is 10.4 Å². The number of benzene rings is 1. The predicted octanol–water partition coefficient (Wildman–Crippen LogP) is 2.02. The molecule has 2 aromatic rings. The molecule has 7 heteroatoms. The van der Waals surface area contributed by atoms with Crippen molar-refractivity contribution < 1.29 is 14.7 Å². The molecule has 3 rings (SSSR count). The first-order valence-corrected chi connectivity index (χ1v) is 7.36. The minimum Gasteiger partial charge on any atom is -0.476 e. The zero-order chi connectivity index (χ0) is 16.6. The Morgan fingerprint density at radius 2 is 2.13 bits per heavy atom. The van der Waals surface area contributed by atoms with Crippen LogP contribution in [-0.2, 0) is 20.0 Å². The van der Waals surface area contributed by atoms with Crippen molar-refractivity contribution in [2.45, 2.75) is 19.9 Å². The van der Waals surface area contributed by atoms with Gasteiger partial charge in [0.2, 0.25) is 0 Å². The molecular formula is C16H18N4O3. The SMILES string of the molecule is Cc1cccc(NC(=O)N2CCc3c(C(=O)O)nn(C)c3C2)c1. The fourth-order valence-electron chi connectivity index (χ4n) is 2.84. The monoisotopic (exact) mass is 314 g/mol. The summed E-state index contributed by atoms with van der Waals surface area (Å²) in [6, 6.07) is 7.40. The summed E-state index contributed by atoms with van der Waals surface area (Å²) in [6.45, 7) is 2.78. The van der Waals surface area contributed by atoms with E-state index >= 15 is 0 Å². The largest absolute Gasteiger partial charge is 0.476 e. The Morgan fingerprint density at radius 3 is 2.83 bits per heavy atom. The van der Waals surface area contributed by atoms with Crippen LogP contribution in [0.4, 0.5) is 10.5 Å². The summed E-state index contributed by atoms with van der Waals surface area (Å²) in [5.74, 6) is -1.03. The van der Waals surface area contributed by atoms with Gasteiger partial charge < -0.3 is 15.3 Å². The van der Waals surface area contributed by atoms with E-state index in [0.717, 1.165) is 22.5 Å². The maximum atomic E-state index is 12.4. The summed E-state index contributed by atoms with van der Waals surface area (Å²) in [5.41, 5.74) is 3.40. The Labute approximate surface area is 133 Å². The molecule has 1 aromatic carbocycles. The molecule has 2 heterocycles. The number of anilines is 1. The van der Waals surface area contributed by atoms with Crippen molar-refractivity contribution in [2.75, 3.05) is 11.9 Å². The summed E-state index contributed by atoms with van der Waals surface area (Å²) >= 11 is 0. The number of nitrogens with zero attached hydrogens (tertiary/aromatic N) is 3. The molecule has 0 bridgehead atoms. The number of aromatic carboxylic acids is 1. The van der Waals surface area contributed by atoms with Gasteiger partial charge in [0.05, 0.1) is 12.2 Å². The zero-order valence-electron chi connectivity index (χ0n) is 13.0. The zero-order valence-corrected chi connectivity index (χ0v) is 13.0. The highest BCUT2D eigenvalue weighted by Gasteiger charge is 2.28. The summed E-state index contributed by atoms with van der Waals surface area (Å²) in [7, 11) is 1.70. The van der Waals surface area contributed by atoms with Gasteiger partial charge in [-0.15, -0.1) is 0 Å². The number of carbonyl (C=O) groups is 2. The van der Waals surface area contributed by atoms with Crippen molar-refractivity contribution in [1.82, 2.24) is 14.7 Å². The van der Waals surface area contributed by atoms with E-state index in [1.54, 1.807) is 16.6 Å². The first-order valence-electron chi connectivity index (χ1n) is 7.36. The second-order valence-corrected chi connectivity index (χ2v) is 5.67. The van der Waals surface area contributed by atoms with E-state index < -0.39 is 5.97 Å².